The fourth-order valence-electron chi connectivity index (χ4n) is 2.53. The molecule has 1 heterocycles. The zero-order valence-electron chi connectivity index (χ0n) is 16.1. The monoisotopic (exact) mass is 493 g/mol. The number of hydrogen-bond acceptors (Lipinski definition) is 6. The zero-order valence-corrected chi connectivity index (χ0v) is 18.5. The molecule has 0 unspecified atom stereocenters. The molecule has 0 saturated heterocycles. The fraction of sp³-hybridized carbons (Fsp3) is 0.211. The van der Waals surface area contributed by atoms with Gasteiger partial charge in [-0.2, -0.15) is 0 Å². The Hall–Kier alpha value is -2.60. The molecule has 0 aliphatic heterocycles. The smallest absolute Gasteiger partial charge is 0.258 e. The number of amides is 1. The third kappa shape index (κ3) is 5.95. The Labute approximate surface area is 182 Å². The van der Waals surface area contributed by atoms with Gasteiger partial charge < -0.3 is 4.74 Å². The van der Waals surface area contributed by atoms with Gasteiger partial charge in [0.05, 0.1) is 18.0 Å². The number of nitrogens with zero attached hydrogens (tertiary/aromatic N) is 3. The number of halogens is 1. The lowest BCUT2D eigenvalue weighted by Crippen LogP contribution is -2.27. The zero-order chi connectivity index (χ0) is 21.6. The summed E-state index contributed by atoms with van der Waals surface area (Å²) in [4.78, 5) is 16.6. The van der Waals surface area contributed by atoms with Crippen molar-refractivity contribution >= 4 is 37.8 Å². The maximum absolute atomic E-state index is 12.4. The topological polar surface area (TPSA) is 115 Å². The third-order valence-corrected chi connectivity index (χ3v) is 6.05. The van der Waals surface area contributed by atoms with Crippen LogP contribution in [-0.2, 0) is 21.3 Å². The van der Waals surface area contributed by atoms with Gasteiger partial charge in [-0.15, -0.1) is 5.10 Å². The lowest BCUT2D eigenvalue weighted by Gasteiger charge is -2.07. The lowest BCUT2D eigenvalue weighted by atomic mass is 10.2. The minimum Gasteiger partial charge on any atom is -0.383 e. The van der Waals surface area contributed by atoms with E-state index in [4.69, 9.17) is 4.74 Å². The number of sulfonamides is 1. The molecule has 11 heteroatoms. The van der Waals surface area contributed by atoms with Gasteiger partial charge in [0, 0.05) is 23.7 Å². The molecule has 0 atom stereocenters. The van der Waals surface area contributed by atoms with Crippen molar-refractivity contribution < 1.29 is 17.9 Å². The predicted octanol–water partition coefficient (Wildman–Crippen LogP) is 2.27. The molecule has 0 spiro atoms. The van der Waals surface area contributed by atoms with Crippen molar-refractivity contribution in [2.75, 3.05) is 25.6 Å². The molecule has 0 bridgehead atoms. The fourth-order valence-corrected chi connectivity index (χ4v) is 3.80. The van der Waals surface area contributed by atoms with E-state index in [9.17, 15) is 13.2 Å². The van der Waals surface area contributed by atoms with Crippen LogP contribution in [0.1, 0.15) is 15.9 Å². The summed E-state index contributed by atoms with van der Waals surface area (Å²) in [7, 11) is -2.17. The number of carbonyl (C=O) groups excluding carboxylic acids is 1. The SMILES string of the molecule is COCCNS(=O)(=O)c1ccc(C(=O)Nc2ncn(Cc3ccc(Br)cc3)n2)cc1. The molecule has 0 fully saturated rings. The minimum absolute atomic E-state index is 0.0621. The van der Waals surface area contributed by atoms with E-state index < -0.39 is 15.9 Å². The van der Waals surface area contributed by atoms with Crippen LogP contribution in [0.5, 0.6) is 0 Å². The van der Waals surface area contributed by atoms with Gasteiger partial charge >= 0.3 is 0 Å². The highest BCUT2D eigenvalue weighted by atomic mass is 79.9. The van der Waals surface area contributed by atoms with E-state index >= 15 is 0 Å². The number of nitrogens with one attached hydrogen (secondary N) is 2. The third-order valence-electron chi connectivity index (χ3n) is 4.04. The largest absolute Gasteiger partial charge is 0.383 e. The van der Waals surface area contributed by atoms with E-state index in [0.29, 0.717) is 6.54 Å². The van der Waals surface area contributed by atoms with Gasteiger partial charge in [-0.25, -0.2) is 22.8 Å². The minimum atomic E-state index is -3.66. The van der Waals surface area contributed by atoms with Gasteiger partial charge in [0.1, 0.15) is 6.33 Å². The van der Waals surface area contributed by atoms with Crippen molar-refractivity contribution in [3.8, 4) is 0 Å². The molecule has 1 aromatic heterocycles. The highest BCUT2D eigenvalue weighted by molar-refractivity contribution is 9.10. The quantitative estimate of drug-likeness (QED) is 0.441. The summed E-state index contributed by atoms with van der Waals surface area (Å²) in [6, 6.07) is 13.4. The standard InChI is InChI=1S/C19H20BrN5O4S/c1-29-11-10-22-30(27,28)17-8-4-15(5-9-17)18(26)23-19-21-13-25(24-19)12-14-2-6-16(20)7-3-14/h2-9,13,22H,10-12H2,1H3,(H,23,24,26). The van der Waals surface area contributed by atoms with Crippen LogP contribution in [0.3, 0.4) is 0 Å². The first-order chi connectivity index (χ1) is 14.4. The summed E-state index contributed by atoms with van der Waals surface area (Å²) < 4.78 is 34.2. The first-order valence-electron chi connectivity index (χ1n) is 8.91. The van der Waals surface area contributed by atoms with Gasteiger partial charge in [0.2, 0.25) is 16.0 Å². The van der Waals surface area contributed by atoms with E-state index in [2.05, 4.69) is 36.1 Å². The number of benzene rings is 2. The molecule has 9 nitrogen and oxygen atoms in total. The van der Waals surface area contributed by atoms with Crippen LogP contribution in [-0.4, -0.2) is 49.4 Å². The Morgan fingerprint density at radius 2 is 1.83 bits per heavy atom. The van der Waals surface area contributed by atoms with Crippen LogP contribution in [0.25, 0.3) is 0 Å². The van der Waals surface area contributed by atoms with Crippen molar-refractivity contribution in [1.29, 1.82) is 0 Å². The van der Waals surface area contributed by atoms with Crippen LogP contribution in [0.15, 0.2) is 64.2 Å². The summed E-state index contributed by atoms with van der Waals surface area (Å²) >= 11 is 3.39. The summed E-state index contributed by atoms with van der Waals surface area (Å²) in [6.45, 7) is 0.940. The van der Waals surface area contributed by atoms with E-state index in [-0.39, 0.29) is 29.6 Å². The molecule has 2 aromatic carbocycles. The summed E-state index contributed by atoms with van der Waals surface area (Å²) in [5.74, 6) is -0.275. The van der Waals surface area contributed by atoms with Crippen LogP contribution in [0, 0.1) is 0 Å². The molecule has 3 aromatic rings. The Balaban J connectivity index is 1.61. The lowest BCUT2D eigenvalue weighted by molar-refractivity contribution is 0.102. The van der Waals surface area contributed by atoms with E-state index in [0.717, 1.165) is 10.0 Å². The van der Waals surface area contributed by atoms with Gasteiger partial charge in [0.25, 0.3) is 5.91 Å². The van der Waals surface area contributed by atoms with Crippen molar-refractivity contribution in [3.05, 3.63) is 70.5 Å². The maximum Gasteiger partial charge on any atom is 0.258 e. The van der Waals surface area contributed by atoms with Gasteiger partial charge in [-0.1, -0.05) is 28.1 Å². The summed E-state index contributed by atoms with van der Waals surface area (Å²) in [5, 5.41) is 6.84. The van der Waals surface area contributed by atoms with Crippen molar-refractivity contribution in [1.82, 2.24) is 19.5 Å². The number of rotatable bonds is 9. The number of carbonyl (C=O) groups is 1. The molecule has 3 rings (SSSR count). The Morgan fingerprint density at radius 1 is 1.13 bits per heavy atom. The van der Waals surface area contributed by atoms with Gasteiger partial charge in [0.15, 0.2) is 0 Å². The Kier molecular flexibility index (Phi) is 7.32. The maximum atomic E-state index is 12.4. The molecule has 0 saturated carbocycles. The second kappa shape index (κ2) is 9.94. The molecule has 0 aliphatic rings. The first-order valence-corrected chi connectivity index (χ1v) is 11.2. The second-order valence-corrected chi connectivity index (χ2v) is 8.94. The summed E-state index contributed by atoms with van der Waals surface area (Å²) in [5.41, 5.74) is 1.33. The molecular weight excluding hydrogens is 474 g/mol. The van der Waals surface area contributed by atoms with E-state index in [1.807, 2.05) is 24.3 Å². The van der Waals surface area contributed by atoms with Crippen LogP contribution >= 0.6 is 15.9 Å². The Bertz CT molecular complexity index is 1100. The number of methoxy groups -OCH3 is 1. The van der Waals surface area contributed by atoms with Crippen molar-refractivity contribution in [2.45, 2.75) is 11.4 Å². The highest BCUT2D eigenvalue weighted by Crippen LogP contribution is 2.13. The second-order valence-electron chi connectivity index (χ2n) is 6.26. The van der Waals surface area contributed by atoms with E-state index in [1.54, 1.807) is 4.68 Å². The molecule has 0 aliphatic carbocycles. The predicted molar refractivity (Wildman–Crippen MR) is 115 cm³/mol. The van der Waals surface area contributed by atoms with Crippen LogP contribution < -0.4 is 10.0 Å². The van der Waals surface area contributed by atoms with Gasteiger partial charge in [-0.05, 0) is 42.0 Å². The number of ether oxygens (including phenoxy) is 1. The van der Waals surface area contributed by atoms with Crippen molar-refractivity contribution in [3.63, 3.8) is 0 Å². The molecule has 30 heavy (non-hydrogen) atoms. The van der Waals surface area contributed by atoms with E-state index in [1.165, 1.54) is 37.7 Å². The Morgan fingerprint density at radius 3 is 2.50 bits per heavy atom. The average Bonchev–Trinajstić information content (AvgIpc) is 3.16. The number of hydrogen-bond donors (Lipinski definition) is 2. The first kappa shape index (κ1) is 22.1. The normalized spacial score (nSPS) is 11.4. The average molecular weight is 494 g/mol. The van der Waals surface area contributed by atoms with Crippen molar-refractivity contribution in [2.24, 2.45) is 0 Å². The summed E-state index contributed by atoms with van der Waals surface area (Å²) in [6.07, 6.45) is 1.53. The van der Waals surface area contributed by atoms with Crippen LogP contribution in [0.2, 0.25) is 0 Å². The molecule has 1 amide bonds. The van der Waals surface area contributed by atoms with Crippen LogP contribution in [0.4, 0.5) is 5.95 Å². The highest BCUT2D eigenvalue weighted by Gasteiger charge is 2.15. The molecule has 2 N–H and O–H groups in total. The number of aromatic nitrogens is 3. The molecule has 158 valence electrons. The molecular formula is C19H20BrN5O4S. The number of anilines is 1. The van der Waals surface area contributed by atoms with Gasteiger partial charge in [-0.3, -0.25) is 10.1 Å². The molecule has 0 radical (unpaired) electrons.